The number of hydrogen-bond acceptors (Lipinski definition) is 3. The molecule has 1 fully saturated rings. The third-order valence-corrected chi connectivity index (χ3v) is 1.99. The van der Waals surface area contributed by atoms with Gasteiger partial charge in [0.05, 0.1) is 7.11 Å². The molecule has 0 spiro atoms. The zero-order valence-electron chi connectivity index (χ0n) is 6.79. The molecule has 1 unspecified atom stereocenters. The third kappa shape index (κ3) is 1.79. The van der Waals surface area contributed by atoms with Gasteiger partial charge in [-0.2, -0.15) is 0 Å². The summed E-state index contributed by atoms with van der Waals surface area (Å²) in [5.41, 5.74) is 0. The molecule has 0 bridgehead atoms. The molecule has 1 aliphatic rings. The number of methoxy groups -OCH3 is 1. The highest BCUT2D eigenvalue weighted by molar-refractivity contribution is 5.98. The number of ether oxygens (including phenoxy) is 1. The fraction of sp³-hybridized carbons (Fsp3) is 0.750. The Bertz CT molecular complexity index is 182. The van der Waals surface area contributed by atoms with Gasteiger partial charge >= 0.3 is 5.97 Å². The summed E-state index contributed by atoms with van der Waals surface area (Å²) in [6, 6.07) is 0. The average Bonchev–Trinajstić information content (AvgIpc) is 2.71. The van der Waals surface area contributed by atoms with E-state index in [1.807, 2.05) is 0 Å². The van der Waals surface area contributed by atoms with Crippen molar-refractivity contribution in [1.82, 2.24) is 0 Å². The van der Waals surface area contributed by atoms with Gasteiger partial charge in [-0.25, -0.2) is 0 Å². The molecule has 11 heavy (non-hydrogen) atoms. The standard InChI is InChI=1S/C8H12O3/c1-5(9)7(6-3-4-6)8(10)11-2/h6-7H,3-4H2,1-2H3. The number of Topliss-reactive ketones (excluding diaryl/α,β-unsaturated/α-hetero) is 1. The van der Waals surface area contributed by atoms with Crippen molar-refractivity contribution in [3.05, 3.63) is 0 Å². The summed E-state index contributed by atoms with van der Waals surface area (Å²) in [6.07, 6.45) is 1.97. The van der Waals surface area contributed by atoms with Crippen LogP contribution in [0.2, 0.25) is 0 Å². The molecule has 0 amide bonds. The summed E-state index contributed by atoms with van der Waals surface area (Å²) in [4.78, 5) is 21.9. The van der Waals surface area contributed by atoms with Crippen molar-refractivity contribution in [3.63, 3.8) is 0 Å². The number of carbonyl (C=O) groups excluding carboxylic acids is 2. The molecule has 0 heterocycles. The van der Waals surface area contributed by atoms with Crippen LogP contribution in [0.1, 0.15) is 19.8 Å². The smallest absolute Gasteiger partial charge is 0.316 e. The SMILES string of the molecule is COC(=O)C(C(C)=O)C1CC1. The molecule has 3 heteroatoms. The van der Waals surface area contributed by atoms with Crippen molar-refractivity contribution >= 4 is 11.8 Å². The number of carbonyl (C=O) groups is 2. The second-order valence-corrected chi connectivity index (χ2v) is 2.95. The maximum absolute atomic E-state index is 11.0. The van der Waals surface area contributed by atoms with Crippen LogP contribution in [0.4, 0.5) is 0 Å². The van der Waals surface area contributed by atoms with Gasteiger partial charge in [-0.15, -0.1) is 0 Å². The number of hydrogen-bond donors (Lipinski definition) is 0. The first-order chi connectivity index (χ1) is 5.16. The van der Waals surface area contributed by atoms with Crippen molar-refractivity contribution in [2.24, 2.45) is 11.8 Å². The summed E-state index contributed by atoms with van der Waals surface area (Å²) < 4.78 is 4.52. The van der Waals surface area contributed by atoms with E-state index in [2.05, 4.69) is 4.74 Å². The van der Waals surface area contributed by atoms with E-state index in [0.29, 0.717) is 0 Å². The van der Waals surface area contributed by atoms with Crippen LogP contribution in [0.5, 0.6) is 0 Å². The molecular formula is C8H12O3. The molecule has 0 aromatic rings. The second-order valence-electron chi connectivity index (χ2n) is 2.95. The largest absolute Gasteiger partial charge is 0.468 e. The van der Waals surface area contributed by atoms with Crippen molar-refractivity contribution in [2.75, 3.05) is 7.11 Å². The zero-order valence-corrected chi connectivity index (χ0v) is 6.79. The Labute approximate surface area is 65.7 Å². The lowest BCUT2D eigenvalue weighted by molar-refractivity contribution is -0.149. The minimum absolute atomic E-state index is 0.0700. The number of esters is 1. The molecule has 0 aromatic carbocycles. The normalized spacial score (nSPS) is 19.1. The van der Waals surface area contributed by atoms with Crippen molar-refractivity contribution in [3.8, 4) is 0 Å². The highest BCUT2D eigenvalue weighted by Gasteiger charge is 2.39. The first kappa shape index (κ1) is 8.24. The van der Waals surface area contributed by atoms with Crippen molar-refractivity contribution in [1.29, 1.82) is 0 Å². The summed E-state index contributed by atoms with van der Waals surface area (Å²) in [7, 11) is 1.32. The van der Waals surface area contributed by atoms with Crippen LogP contribution in [-0.2, 0) is 14.3 Å². The topological polar surface area (TPSA) is 43.4 Å². The molecule has 0 aromatic heterocycles. The van der Waals surface area contributed by atoms with E-state index < -0.39 is 5.92 Å². The Hall–Kier alpha value is -0.860. The Kier molecular flexibility index (Phi) is 2.27. The van der Waals surface area contributed by atoms with Gasteiger partial charge < -0.3 is 4.74 Å². The van der Waals surface area contributed by atoms with E-state index >= 15 is 0 Å². The van der Waals surface area contributed by atoms with Crippen molar-refractivity contribution in [2.45, 2.75) is 19.8 Å². The van der Waals surface area contributed by atoms with Crippen LogP contribution in [0.3, 0.4) is 0 Å². The van der Waals surface area contributed by atoms with E-state index in [0.717, 1.165) is 12.8 Å². The Morgan fingerprint density at radius 2 is 2.00 bits per heavy atom. The molecule has 0 aliphatic heterocycles. The predicted molar refractivity (Wildman–Crippen MR) is 38.9 cm³/mol. The molecule has 0 N–H and O–H groups in total. The summed E-state index contributed by atoms with van der Waals surface area (Å²) in [5.74, 6) is -0.667. The minimum Gasteiger partial charge on any atom is -0.468 e. The molecule has 1 rings (SSSR count). The lowest BCUT2D eigenvalue weighted by Crippen LogP contribution is -2.25. The van der Waals surface area contributed by atoms with E-state index in [9.17, 15) is 9.59 Å². The molecular weight excluding hydrogens is 144 g/mol. The van der Waals surface area contributed by atoms with E-state index in [1.54, 1.807) is 0 Å². The van der Waals surface area contributed by atoms with Crippen LogP contribution in [-0.4, -0.2) is 18.9 Å². The maximum Gasteiger partial charge on any atom is 0.316 e. The predicted octanol–water partition coefficient (Wildman–Crippen LogP) is 0.775. The van der Waals surface area contributed by atoms with Gasteiger partial charge in [0, 0.05) is 0 Å². The second kappa shape index (κ2) is 3.03. The highest BCUT2D eigenvalue weighted by Crippen LogP contribution is 2.37. The first-order valence-corrected chi connectivity index (χ1v) is 3.75. The maximum atomic E-state index is 11.0. The number of ketones is 1. The Morgan fingerprint density at radius 1 is 1.45 bits per heavy atom. The lowest BCUT2D eigenvalue weighted by atomic mass is 10.00. The molecule has 62 valence electrons. The van der Waals surface area contributed by atoms with E-state index in [4.69, 9.17) is 0 Å². The minimum atomic E-state index is -0.486. The van der Waals surface area contributed by atoms with Crippen LogP contribution >= 0.6 is 0 Å². The van der Waals surface area contributed by atoms with Gasteiger partial charge in [0.25, 0.3) is 0 Å². The van der Waals surface area contributed by atoms with Crippen LogP contribution in [0.15, 0.2) is 0 Å². The van der Waals surface area contributed by atoms with Gasteiger partial charge in [0.2, 0.25) is 0 Å². The lowest BCUT2D eigenvalue weighted by Gasteiger charge is -2.08. The van der Waals surface area contributed by atoms with Gasteiger partial charge in [0.15, 0.2) is 0 Å². The van der Waals surface area contributed by atoms with Gasteiger partial charge in [0.1, 0.15) is 11.7 Å². The summed E-state index contributed by atoms with van der Waals surface area (Å²) in [6.45, 7) is 1.44. The molecule has 0 saturated heterocycles. The fourth-order valence-electron chi connectivity index (χ4n) is 1.25. The van der Waals surface area contributed by atoms with Gasteiger partial charge in [-0.05, 0) is 25.7 Å². The van der Waals surface area contributed by atoms with Crippen molar-refractivity contribution < 1.29 is 14.3 Å². The summed E-state index contributed by atoms with van der Waals surface area (Å²) in [5, 5.41) is 0. The molecule has 3 nitrogen and oxygen atoms in total. The zero-order chi connectivity index (χ0) is 8.43. The highest BCUT2D eigenvalue weighted by atomic mass is 16.5. The van der Waals surface area contributed by atoms with Gasteiger partial charge in [-0.1, -0.05) is 0 Å². The molecule has 1 saturated carbocycles. The van der Waals surface area contributed by atoms with Crippen LogP contribution in [0, 0.1) is 11.8 Å². The Morgan fingerprint density at radius 3 is 2.27 bits per heavy atom. The quantitative estimate of drug-likeness (QED) is 0.448. The summed E-state index contributed by atoms with van der Waals surface area (Å²) >= 11 is 0. The van der Waals surface area contributed by atoms with Crippen LogP contribution in [0.25, 0.3) is 0 Å². The monoisotopic (exact) mass is 156 g/mol. The van der Waals surface area contributed by atoms with Crippen LogP contribution < -0.4 is 0 Å². The fourth-order valence-corrected chi connectivity index (χ4v) is 1.25. The molecule has 0 radical (unpaired) electrons. The van der Waals surface area contributed by atoms with E-state index in [-0.39, 0.29) is 17.7 Å². The third-order valence-electron chi connectivity index (χ3n) is 1.99. The van der Waals surface area contributed by atoms with E-state index in [1.165, 1.54) is 14.0 Å². The molecule has 1 aliphatic carbocycles. The average molecular weight is 156 g/mol. The van der Waals surface area contributed by atoms with Gasteiger partial charge in [-0.3, -0.25) is 9.59 Å². The molecule has 1 atom stereocenters. The number of rotatable bonds is 3. The Balaban J connectivity index is 2.58. The first-order valence-electron chi connectivity index (χ1n) is 3.75.